The van der Waals surface area contributed by atoms with Gasteiger partial charge in [-0.15, -0.1) is 0 Å². The van der Waals surface area contributed by atoms with Gasteiger partial charge in [0, 0.05) is 55.9 Å². The Bertz CT molecular complexity index is 1020. The van der Waals surface area contributed by atoms with Crippen LogP contribution < -0.4 is 26.5 Å². The first-order chi connectivity index (χ1) is 16.2. The molecule has 0 aromatic heterocycles. The zero-order valence-electron chi connectivity index (χ0n) is 18.5. The molecule has 0 fully saturated rings. The molecule has 0 bridgehead atoms. The van der Waals surface area contributed by atoms with Crippen molar-refractivity contribution in [2.75, 3.05) is 51.1 Å². The predicted octanol–water partition coefficient (Wildman–Crippen LogP) is 4.11. The van der Waals surface area contributed by atoms with Gasteiger partial charge >= 0.3 is 0 Å². The number of amides is 2. The molecule has 2 aromatic rings. The molecule has 34 heavy (non-hydrogen) atoms. The molecule has 2 aromatic carbocycles. The molecule has 0 radical (unpaired) electrons. The summed E-state index contributed by atoms with van der Waals surface area (Å²) in [7, 11) is 3.15. The fourth-order valence-electron chi connectivity index (χ4n) is 2.81. The summed E-state index contributed by atoms with van der Waals surface area (Å²) in [6.45, 7) is 3.68. The molecule has 12 nitrogen and oxygen atoms in total. The molecule has 0 spiro atoms. The SMILES string of the molecule is CC(=O)Nc1ccc(NCCSSCCNc2ccc(NC(C)=O)cc2[N+](=O)[O-])c(N([O-])O)c1. The van der Waals surface area contributed by atoms with E-state index in [4.69, 9.17) is 0 Å². The third-order valence-electron chi connectivity index (χ3n) is 4.12. The number of hydrogen-bond donors (Lipinski definition) is 5. The number of nitro groups is 1. The van der Waals surface area contributed by atoms with Gasteiger partial charge in [0.05, 0.1) is 16.3 Å². The Morgan fingerprint density at radius 3 is 1.94 bits per heavy atom. The molecule has 5 N–H and O–H groups in total. The van der Waals surface area contributed by atoms with Crippen molar-refractivity contribution in [1.29, 1.82) is 0 Å². The second kappa shape index (κ2) is 13.5. The summed E-state index contributed by atoms with van der Waals surface area (Å²) in [5.41, 5.74) is 1.41. The Morgan fingerprint density at radius 2 is 1.44 bits per heavy atom. The number of benzene rings is 2. The highest BCUT2D eigenvalue weighted by molar-refractivity contribution is 8.76. The molecule has 0 saturated carbocycles. The monoisotopic (exact) mass is 509 g/mol. The second-order valence-electron chi connectivity index (χ2n) is 6.85. The Kier molecular flexibility index (Phi) is 10.7. The summed E-state index contributed by atoms with van der Waals surface area (Å²) in [5, 5.41) is 42.9. The molecule has 0 aliphatic carbocycles. The van der Waals surface area contributed by atoms with E-state index >= 15 is 0 Å². The Hall–Kier alpha value is -3.20. The highest BCUT2D eigenvalue weighted by atomic mass is 33.1. The van der Waals surface area contributed by atoms with E-state index in [0.29, 0.717) is 47.3 Å². The van der Waals surface area contributed by atoms with Crippen molar-refractivity contribution in [2.24, 2.45) is 0 Å². The highest BCUT2D eigenvalue weighted by Crippen LogP contribution is 2.30. The van der Waals surface area contributed by atoms with E-state index in [1.54, 1.807) is 45.9 Å². The van der Waals surface area contributed by atoms with Crippen molar-refractivity contribution in [3.63, 3.8) is 0 Å². The third kappa shape index (κ3) is 8.97. The maximum Gasteiger partial charge on any atom is 0.294 e. The van der Waals surface area contributed by atoms with Crippen LogP contribution in [0.3, 0.4) is 0 Å². The number of nitrogens with one attached hydrogen (secondary N) is 4. The van der Waals surface area contributed by atoms with Crippen LogP contribution in [0, 0.1) is 15.3 Å². The maximum atomic E-state index is 11.4. The molecule has 0 unspecified atom stereocenters. The van der Waals surface area contributed by atoms with E-state index in [1.807, 2.05) is 0 Å². The minimum absolute atomic E-state index is 0.0146. The maximum absolute atomic E-state index is 11.4. The van der Waals surface area contributed by atoms with E-state index in [-0.39, 0.29) is 28.4 Å². The molecule has 14 heteroatoms. The number of anilines is 5. The van der Waals surface area contributed by atoms with Crippen molar-refractivity contribution >= 4 is 67.5 Å². The van der Waals surface area contributed by atoms with E-state index < -0.39 is 4.92 Å². The van der Waals surface area contributed by atoms with Crippen LogP contribution >= 0.6 is 21.6 Å². The third-order valence-corrected chi connectivity index (χ3v) is 6.53. The summed E-state index contributed by atoms with van der Waals surface area (Å²) < 4.78 is 0. The van der Waals surface area contributed by atoms with Gasteiger partial charge in [0.1, 0.15) is 5.69 Å². The first-order valence-corrected chi connectivity index (χ1v) is 12.5. The van der Waals surface area contributed by atoms with Gasteiger partial charge in [-0.25, -0.2) is 0 Å². The number of hydrogen-bond acceptors (Lipinski definition) is 11. The minimum Gasteiger partial charge on any atom is -0.733 e. The van der Waals surface area contributed by atoms with Gasteiger partial charge in [-0.2, -0.15) is 0 Å². The normalized spacial score (nSPS) is 10.4. The van der Waals surface area contributed by atoms with E-state index in [2.05, 4.69) is 21.3 Å². The van der Waals surface area contributed by atoms with Crippen LogP contribution in [-0.2, 0) is 9.59 Å². The van der Waals surface area contributed by atoms with E-state index in [9.17, 15) is 30.1 Å². The summed E-state index contributed by atoms with van der Waals surface area (Å²) in [4.78, 5) is 33.1. The zero-order valence-corrected chi connectivity index (χ0v) is 20.1. The second-order valence-corrected chi connectivity index (χ2v) is 9.56. The Morgan fingerprint density at radius 1 is 0.941 bits per heavy atom. The first-order valence-electron chi connectivity index (χ1n) is 10.0. The van der Waals surface area contributed by atoms with Crippen LogP contribution in [0.2, 0.25) is 0 Å². The quantitative estimate of drug-likeness (QED) is 0.114. The van der Waals surface area contributed by atoms with Crippen LogP contribution in [0.25, 0.3) is 0 Å². The molecular weight excluding hydrogens is 484 g/mol. The average Bonchev–Trinajstić information content (AvgIpc) is 2.76. The van der Waals surface area contributed by atoms with Gasteiger partial charge in [0.15, 0.2) is 0 Å². The number of rotatable bonds is 13. The molecule has 0 aliphatic heterocycles. The van der Waals surface area contributed by atoms with Gasteiger partial charge in [0.25, 0.3) is 5.69 Å². The van der Waals surface area contributed by atoms with Crippen molar-refractivity contribution in [2.45, 2.75) is 13.8 Å². The lowest BCUT2D eigenvalue weighted by Crippen LogP contribution is -2.14. The topological polar surface area (TPSA) is 172 Å². The lowest BCUT2D eigenvalue weighted by atomic mass is 10.2. The Labute approximate surface area is 203 Å². The van der Waals surface area contributed by atoms with Gasteiger partial charge in [-0.05, 0) is 30.3 Å². The Balaban J connectivity index is 1.74. The smallest absolute Gasteiger partial charge is 0.294 e. The van der Waals surface area contributed by atoms with Gasteiger partial charge < -0.3 is 31.7 Å². The first kappa shape index (κ1) is 27.0. The molecule has 2 amide bonds. The standard InChI is InChI=1S/C20H25N6O6S2/c1-13(27)23-15-3-5-17(19(11-15)25(29)30)21-7-9-33-34-10-8-22-18-6-4-16(24-14(2)28)12-20(18)26(31)32/h3-6,11-12,21-22,29H,7-10H2,1-2H3,(H,23,27)(H,24,28)/q-1. The summed E-state index contributed by atoms with van der Waals surface area (Å²) in [6, 6.07) is 9.03. The predicted molar refractivity (Wildman–Crippen MR) is 138 cm³/mol. The van der Waals surface area contributed by atoms with Crippen LogP contribution in [-0.4, -0.2) is 46.5 Å². The van der Waals surface area contributed by atoms with Crippen molar-refractivity contribution in [1.82, 2.24) is 0 Å². The number of nitro benzene ring substituents is 1. The zero-order chi connectivity index (χ0) is 25.1. The minimum atomic E-state index is -0.506. The summed E-state index contributed by atoms with van der Waals surface area (Å²) in [6.07, 6.45) is 0. The number of nitrogens with zero attached hydrogens (tertiary/aromatic N) is 2. The summed E-state index contributed by atoms with van der Waals surface area (Å²) in [5.74, 6) is 0.768. The highest BCUT2D eigenvalue weighted by Gasteiger charge is 2.14. The van der Waals surface area contributed by atoms with Crippen LogP contribution in [0.15, 0.2) is 36.4 Å². The van der Waals surface area contributed by atoms with Crippen LogP contribution in [0.5, 0.6) is 0 Å². The van der Waals surface area contributed by atoms with E-state index in [1.165, 1.54) is 26.0 Å². The lowest BCUT2D eigenvalue weighted by molar-refractivity contribution is -0.383. The number of carbonyl (C=O) groups excluding carboxylic acids is 2. The molecule has 0 atom stereocenters. The van der Waals surface area contributed by atoms with Crippen molar-refractivity contribution < 1.29 is 19.7 Å². The lowest BCUT2D eigenvalue weighted by Gasteiger charge is -2.25. The number of carbonyl (C=O) groups is 2. The van der Waals surface area contributed by atoms with Crippen molar-refractivity contribution in [3.8, 4) is 0 Å². The van der Waals surface area contributed by atoms with Gasteiger partial charge in [-0.1, -0.05) is 21.6 Å². The molecule has 2 rings (SSSR count). The fraction of sp³-hybridized carbons (Fsp3) is 0.300. The molecule has 0 heterocycles. The van der Waals surface area contributed by atoms with Gasteiger partial charge in [-0.3, -0.25) is 24.9 Å². The molecule has 184 valence electrons. The van der Waals surface area contributed by atoms with Gasteiger partial charge in [0.2, 0.25) is 11.8 Å². The van der Waals surface area contributed by atoms with Crippen LogP contribution in [0.1, 0.15) is 13.8 Å². The average molecular weight is 510 g/mol. The molecular formula is C20H25N6O6S2-. The molecule has 0 aliphatic rings. The molecule has 0 saturated heterocycles. The van der Waals surface area contributed by atoms with Crippen LogP contribution in [0.4, 0.5) is 34.1 Å². The van der Waals surface area contributed by atoms with Crippen molar-refractivity contribution in [3.05, 3.63) is 51.7 Å². The van der Waals surface area contributed by atoms with E-state index in [0.717, 1.165) is 0 Å². The largest absolute Gasteiger partial charge is 0.733 e. The summed E-state index contributed by atoms with van der Waals surface area (Å²) >= 11 is 0. The fourth-order valence-corrected chi connectivity index (χ4v) is 4.62.